The molecule has 3 aliphatic rings. The molecule has 3 aromatic carbocycles. The first kappa shape index (κ1) is 16.1. The number of fused-ring (bicyclic) bond motifs is 9. The first-order valence-corrected chi connectivity index (χ1v) is 10.8. The van der Waals surface area contributed by atoms with Crippen LogP contribution in [0, 0.1) is 0 Å². The van der Waals surface area contributed by atoms with Gasteiger partial charge in [0.1, 0.15) is 3.23 Å². The summed E-state index contributed by atoms with van der Waals surface area (Å²) in [4.78, 5) is 0. The highest BCUT2D eigenvalue weighted by molar-refractivity contribution is 9.25. The second kappa shape index (κ2) is 5.33. The Morgan fingerprint density at radius 3 is 1.70 bits per heavy atom. The third-order valence-corrected chi connectivity index (χ3v) is 7.35. The van der Waals surface area contributed by atoms with Crippen molar-refractivity contribution in [2.75, 3.05) is 0 Å². The van der Waals surface area contributed by atoms with E-state index in [1.54, 1.807) is 0 Å². The molecule has 0 unspecified atom stereocenters. The van der Waals surface area contributed by atoms with Gasteiger partial charge in [0.25, 0.3) is 0 Å². The molecular formula is C25H16Br2. The van der Waals surface area contributed by atoms with Gasteiger partial charge in [-0.05, 0) is 50.9 Å². The summed E-state index contributed by atoms with van der Waals surface area (Å²) < 4.78 is -0.194. The van der Waals surface area contributed by atoms with Gasteiger partial charge in [0.2, 0.25) is 0 Å². The molecule has 0 heterocycles. The quantitative estimate of drug-likeness (QED) is 0.301. The van der Waals surface area contributed by atoms with Crippen LogP contribution in [0.2, 0.25) is 0 Å². The highest BCUT2D eigenvalue weighted by Gasteiger charge is 2.54. The molecule has 130 valence electrons. The zero-order valence-electron chi connectivity index (χ0n) is 14.5. The van der Waals surface area contributed by atoms with E-state index < -0.39 is 0 Å². The fourth-order valence-corrected chi connectivity index (χ4v) is 6.17. The predicted molar refractivity (Wildman–Crippen MR) is 119 cm³/mol. The highest BCUT2D eigenvalue weighted by atomic mass is 79.9. The zero-order valence-corrected chi connectivity index (χ0v) is 17.7. The van der Waals surface area contributed by atoms with Crippen LogP contribution < -0.4 is 0 Å². The summed E-state index contributed by atoms with van der Waals surface area (Å²) in [5.41, 5.74) is 11.0. The number of hydrogen-bond acceptors (Lipinski definition) is 0. The van der Waals surface area contributed by atoms with Crippen LogP contribution in [0.5, 0.6) is 0 Å². The maximum Gasteiger partial charge on any atom is 0.102 e. The van der Waals surface area contributed by atoms with Crippen LogP contribution in [-0.2, 0) is 5.41 Å². The molecule has 0 amide bonds. The molecular weight excluding hydrogens is 460 g/mol. The largest absolute Gasteiger partial charge is 0.102 e. The number of rotatable bonds is 0. The molecule has 0 saturated carbocycles. The van der Waals surface area contributed by atoms with Crippen LogP contribution >= 0.6 is 31.9 Å². The number of allylic oxidation sites excluding steroid dienone is 4. The minimum atomic E-state index is -0.198. The molecule has 0 nitrogen and oxygen atoms in total. The normalized spacial score (nSPS) is 19.6. The van der Waals surface area contributed by atoms with Crippen LogP contribution in [0.1, 0.15) is 28.7 Å². The van der Waals surface area contributed by atoms with Crippen molar-refractivity contribution in [2.24, 2.45) is 0 Å². The van der Waals surface area contributed by atoms with E-state index in [0.717, 1.165) is 6.42 Å². The van der Waals surface area contributed by atoms with Gasteiger partial charge in [-0.1, -0.05) is 117 Å². The molecule has 0 radical (unpaired) electrons. The lowest BCUT2D eigenvalue weighted by molar-refractivity contribution is 0.713. The van der Waals surface area contributed by atoms with Gasteiger partial charge in [0.15, 0.2) is 0 Å². The summed E-state index contributed by atoms with van der Waals surface area (Å²) in [6, 6.07) is 26.8. The standard InChI is InChI=1S/C25H16Br2/c26-24(27)14-13-19-18-9-3-6-12-22(18)25(23(19)15-24)20-10-4-1-7-16(20)17-8-2-5-11-21(17)25/h1-14H,15H2. The van der Waals surface area contributed by atoms with E-state index in [1.807, 2.05) is 0 Å². The van der Waals surface area contributed by atoms with Gasteiger partial charge in [0, 0.05) is 0 Å². The maximum absolute atomic E-state index is 3.88. The molecule has 6 rings (SSSR count). The Kier molecular flexibility index (Phi) is 3.18. The van der Waals surface area contributed by atoms with Crippen molar-refractivity contribution in [3.63, 3.8) is 0 Å². The summed E-state index contributed by atoms with van der Waals surface area (Å²) in [6.45, 7) is 0. The summed E-state index contributed by atoms with van der Waals surface area (Å²) in [5.74, 6) is 0. The average molecular weight is 476 g/mol. The van der Waals surface area contributed by atoms with E-state index >= 15 is 0 Å². The second-order valence-electron chi connectivity index (χ2n) is 7.55. The van der Waals surface area contributed by atoms with Crippen LogP contribution in [0.25, 0.3) is 16.7 Å². The molecule has 2 heteroatoms. The molecule has 3 aliphatic carbocycles. The molecule has 3 aromatic rings. The van der Waals surface area contributed by atoms with Crippen LogP contribution in [0.15, 0.2) is 90.5 Å². The van der Waals surface area contributed by atoms with Crippen molar-refractivity contribution in [3.8, 4) is 11.1 Å². The van der Waals surface area contributed by atoms with Crippen molar-refractivity contribution < 1.29 is 0 Å². The summed E-state index contributed by atoms with van der Waals surface area (Å²) in [6.07, 6.45) is 5.45. The number of benzene rings is 3. The molecule has 1 spiro atoms. The van der Waals surface area contributed by atoms with Gasteiger partial charge in [-0.2, -0.15) is 0 Å². The number of halogens is 2. The minimum absolute atomic E-state index is 0.194. The van der Waals surface area contributed by atoms with Gasteiger partial charge in [0.05, 0.1) is 5.41 Å². The summed E-state index contributed by atoms with van der Waals surface area (Å²) in [7, 11) is 0. The third-order valence-electron chi connectivity index (χ3n) is 6.26. The van der Waals surface area contributed by atoms with Gasteiger partial charge in [-0.25, -0.2) is 0 Å². The lowest BCUT2D eigenvalue weighted by Gasteiger charge is -2.35. The molecule has 0 atom stereocenters. The van der Waals surface area contributed by atoms with Crippen LogP contribution in [0.3, 0.4) is 0 Å². The molecule has 0 aliphatic heterocycles. The Balaban J connectivity index is 1.81. The van der Waals surface area contributed by atoms with Gasteiger partial charge < -0.3 is 0 Å². The van der Waals surface area contributed by atoms with E-state index in [0.29, 0.717) is 0 Å². The van der Waals surface area contributed by atoms with Gasteiger partial charge in [-0.3, -0.25) is 0 Å². The lowest BCUT2D eigenvalue weighted by atomic mass is 9.68. The second-order valence-corrected chi connectivity index (χ2v) is 11.4. The average Bonchev–Trinajstić information content (AvgIpc) is 3.14. The van der Waals surface area contributed by atoms with Gasteiger partial charge >= 0.3 is 0 Å². The van der Waals surface area contributed by atoms with E-state index in [4.69, 9.17) is 0 Å². The fourth-order valence-electron chi connectivity index (χ4n) is 5.34. The Bertz CT molecular complexity index is 1130. The molecule has 0 saturated heterocycles. The van der Waals surface area contributed by atoms with E-state index in [2.05, 4.69) is 117 Å². The zero-order chi connectivity index (χ0) is 18.2. The number of alkyl halides is 2. The maximum atomic E-state index is 3.88. The van der Waals surface area contributed by atoms with Crippen LogP contribution in [0.4, 0.5) is 0 Å². The Morgan fingerprint density at radius 2 is 1.11 bits per heavy atom. The smallest absolute Gasteiger partial charge is 0.0677 e. The van der Waals surface area contributed by atoms with Crippen molar-refractivity contribution in [3.05, 3.63) is 113 Å². The SMILES string of the molecule is BrC1(Br)C=CC2=C(C1)C1(c3ccccc32)c2ccccc2-c2ccccc21. The van der Waals surface area contributed by atoms with Crippen molar-refractivity contribution in [1.82, 2.24) is 0 Å². The highest BCUT2D eigenvalue weighted by Crippen LogP contribution is 2.64. The molecule has 27 heavy (non-hydrogen) atoms. The molecule has 0 bridgehead atoms. The summed E-state index contributed by atoms with van der Waals surface area (Å²) >= 11 is 7.76. The van der Waals surface area contributed by atoms with E-state index in [1.165, 1.54) is 44.5 Å². The molecule has 0 N–H and O–H groups in total. The topological polar surface area (TPSA) is 0 Å². The Hall–Kier alpha value is -1.90. The predicted octanol–water partition coefficient (Wildman–Crippen LogP) is 7.21. The third kappa shape index (κ3) is 1.93. The fraction of sp³-hybridized carbons (Fsp3) is 0.120. The van der Waals surface area contributed by atoms with E-state index in [9.17, 15) is 0 Å². The van der Waals surface area contributed by atoms with Crippen molar-refractivity contribution >= 4 is 37.4 Å². The molecule has 0 aromatic heterocycles. The number of hydrogen-bond donors (Lipinski definition) is 0. The minimum Gasteiger partial charge on any atom is -0.0677 e. The van der Waals surface area contributed by atoms with Crippen LogP contribution in [-0.4, -0.2) is 3.23 Å². The lowest BCUT2D eigenvalue weighted by Crippen LogP contribution is -2.30. The first-order valence-electron chi connectivity index (χ1n) is 9.23. The van der Waals surface area contributed by atoms with E-state index in [-0.39, 0.29) is 8.65 Å². The monoisotopic (exact) mass is 474 g/mol. The van der Waals surface area contributed by atoms with Gasteiger partial charge in [-0.15, -0.1) is 0 Å². The van der Waals surface area contributed by atoms with Crippen molar-refractivity contribution in [2.45, 2.75) is 15.1 Å². The first-order chi connectivity index (χ1) is 13.1. The van der Waals surface area contributed by atoms with Crippen molar-refractivity contribution in [1.29, 1.82) is 0 Å². The Labute approximate surface area is 175 Å². The summed E-state index contributed by atoms with van der Waals surface area (Å²) in [5, 5.41) is 0. The molecule has 0 fully saturated rings. The Morgan fingerprint density at radius 1 is 0.630 bits per heavy atom.